The number of nitro benzene ring substituents is 3. The van der Waals surface area contributed by atoms with Crippen LogP contribution in [-0.2, 0) is 0 Å². The Morgan fingerprint density at radius 2 is 1.43 bits per heavy atom. The van der Waals surface area contributed by atoms with Gasteiger partial charge in [0.05, 0.1) is 26.9 Å². The lowest BCUT2D eigenvalue weighted by Crippen LogP contribution is -2.03. The van der Waals surface area contributed by atoms with Crippen LogP contribution in [0.25, 0.3) is 0 Å². The highest BCUT2D eigenvalue weighted by Gasteiger charge is 2.30. The first-order valence-corrected chi connectivity index (χ1v) is 6.72. The molecule has 0 aliphatic carbocycles. The van der Waals surface area contributed by atoms with Gasteiger partial charge in [-0.2, -0.15) is 0 Å². The molecule has 2 aromatic carbocycles. The van der Waals surface area contributed by atoms with Crippen molar-refractivity contribution in [2.45, 2.75) is 0 Å². The summed E-state index contributed by atoms with van der Waals surface area (Å²) >= 11 is 3.20. The molecule has 0 saturated heterocycles. The van der Waals surface area contributed by atoms with Crippen LogP contribution in [0.5, 0.6) is 0 Å². The highest BCUT2D eigenvalue weighted by molar-refractivity contribution is 9.10. The van der Waals surface area contributed by atoms with E-state index in [0.717, 1.165) is 0 Å². The maximum absolute atomic E-state index is 11.1. The third kappa shape index (κ3) is 3.58. The minimum absolute atomic E-state index is 0.347. The molecule has 0 atom stereocenters. The first-order chi connectivity index (χ1) is 10.8. The predicted octanol–water partition coefficient (Wildman–Crippen LogP) is 3.92. The fraction of sp³-hybridized carbons (Fsp3) is 0. The molecule has 1 N–H and O–H groups in total. The number of hydrogen-bond acceptors (Lipinski definition) is 7. The van der Waals surface area contributed by atoms with Crippen LogP contribution < -0.4 is 5.32 Å². The van der Waals surface area contributed by atoms with Crippen LogP contribution in [0, 0.1) is 30.3 Å². The van der Waals surface area contributed by atoms with Gasteiger partial charge in [0.1, 0.15) is 0 Å². The Kier molecular flexibility index (Phi) is 4.50. The molecular weight excluding hydrogens is 376 g/mol. The van der Waals surface area contributed by atoms with Crippen LogP contribution >= 0.6 is 15.9 Å². The molecule has 0 unspecified atom stereocenters. The predicted molar refractivity (Wildman–Crippen MR) is 83.8 cm³/mol. The summed E-state index contributed by atoms with van der Waals surface area (Å²) in [6.45, 7) is 0. The van der Waals surface area contributed by atoms with E-state index in [1.165, 1.54) is 0 Å². The molecule has 10 nitrogen and oxygen atoms in total. The molecular formula is C12H7BrN4O6. The third-order valence-electron chi connectivity index (χ3n) is 2.78. The minimum Gasteiger partial charge on any atom is -0.344 e. The van der Waals surface area contributed by atoms with Crippen LogP contribution in [0.4, 0.5) is 28.4 Å². The Balaban J connectivity index is 2.66. The molecule has 0 aromatic heterocycles. The lowest BCUT2D eigenvalue weighted by molar-refractivity contribution is -0.401. The summed E-state index contributed by atoms with van der Waals surface area (Å²) in [5.41, 5.74) is -2.33. The van der Waals surface area contributed by atoms with Gasteiger partial charge in [-0.15, -0.1) is 0 Å². The number of nitro groups is 3. The Bertz CT molecular complexity index is 790. The molecule has 0 aliphatic heterocycles. The normalized spacial score (nSPS) is 10.1. The van der Waals surface area contributed by atoms with E-state index in [0.29, 0.717) is 22.3 Å². The van der Waals surface area contributed by atoms with E-state index in [1.807, 2.05) is 0 Å². The molecule has 2 aromatic rings. The number of rotatable bonds is 5. The maximum Gasteiger partial charge on any atom is 0.306 e. The van der Waals surface area contributed by atoms with Gasteiger partial charge >= 0.3 is 11.4 Å². The van der Waals surface area contributed by atoms with Gasteiger partial charge in [0, 0.05) is 10.2 Å². The molecule has 0 spiro atoms. The molecule has 23 heavy (non-hydrogen) atoms. The van der Waals surface area contributed by atoms with Gasteiger partial charge < -0.3 is 5.32 Å². The van der Waals surface area contributed by atoms with Gasteiger partial charge in [-0.05, 0) is 18.2 Å². The fourth-order valence-corrected chi connectivity index (χ4v) is 2.23. The van der Waals surface area contributed by atoms with Crippen LogP contribution in [-0.4, -0.2) is 14.8 Å². The van der Waals surface area contributed by atoms with Gasteiger partial charge in [0.2, 0.25) is 0 Å². The summed E-state index contributed by atoms with van der Waals surface area (Å²) in [5, 5.41) is 35.7. The Morgan fingerprint density at radius 1 is 0.870 bits per heavy atom. The topological polar surface area (TPSA) is 141 Å². The zero-order valence-corrected chi connectivity index (χ0v) is 12.7. The summed E-state index contributed by atoms with van der Waals surface area (Å²) in [6, 6.07) is 7.76. The molecule has 118 valence electrons. The maximum atomic E-state index is 11.1. The van der Waals surface area contributed by atoms with Crippen LogP contribution in [0.3, 0.4) is 0 Å². The fourth-order valence-electron chi connectivity index (χ4n) is 1.83. The van der Waals surface area contributed by atoms with Crippen molar-refractivity contribution in [2.75, 3.05) is 5.32 Å². The van der Waals surface area contributed by atoms with E-state index in [9.17, 15) is 30.3 Å². The van der Waals surface area contributed by atoms with Crippen molar-refractivity contribution >= 4 is 44.4 Å². The standard InChI is InChI=1S/C12H7BrN4O6/c13-7-2-1-3-8(4-7)14-12-10(16(20)21)5-9(15(18)19)6-11(12)17(22)23/h1-6,14H. The zero-order chi connectivity index (χ0) is 17.1. The van der Waals surface area contributed by atoms with E-state index < -0.39 is 37.5 Å². The van der Waals surface area contributed by atoms with Gasteiger partial charge in [-0.3, -0.25) is 30.3 Å². The van der Waals surface area contributed by atoms with Crippen LogP contribution in [0.2, 0.25) is 0 Å². The number of halogens is 1. The monoisotopic (exact) mass is 382 g/mol. The number of hydrogen-bond donors (Lipinski definition) is 1. The summed E-state index contributed by atoms with van der Waals surface area (Å²) < 4.78 is 0.648. The second-order valence-electron chi connectivity index (χ2n) is 4.27. The van der Waals surface area contributed by atoms with E-state index in [2.05, 4.69) is 21.2 Å². The second kappa shape index (κ2) is 6.36. The molecule has 0 radical (unpaired) electrons. The summed E-state index contributed by atoms with van der Waals surface area (Å²) in [7, 11) is 0. The molecule has 0 amide bonds. The van der Waals surface area contributed by atoms with Gasteiger partial charge in [-0.25, -0.2) is 0 Å². The molecule has 0 aliphatic rings. The first kappa shape index (κ1) is 16.3. The number of non-ortho nitro benzene ring substituents is 1. The molecule has 0 fully saturated rings. The van der Waals surface area contributed by atoms with Gasteiger partial charge in [0.25, 0.3) is 5.69 Å². The van der Waals surface area contributed by atoms with E-state index >= 15 is 0 Å². The first-order valence-electron chi connectivity index (χ1n) is 5.93. The highest BCUT2D eigenvalue weighted by atomic mass is 79.9. The van der Waals surface area contributed by atoms with Crippen LogP contribution in [0.1, 0.15) is 0 Å². The summed E-state index contributed by atoms with van der Waals surface area (Å²) in [4.78, 5) is 30.3. The van der Waals surface area contributed by atoms with Crippen molar-refractivity contribution in [3.8, 4) is 0 Å². The van der Waals surface area contributed by atoms with Crippen molar-refractivity contribution in [3.05, 3.63) is 71.2 Å². The van der Waals surface area contributed by atoms with Crippen molar-refractivity contribution in [1.82, 2.24) is 0 Å². The number of benzene rings is 2. The Morgan fingerprint density at radius 3 is 1.87 bits per heavy atom. The van der Waals surface area contributed by atoms with Crippen LogP contribution in [0.15, 0.2) is 40.9 Å². The second-order valence-corrected chi connectivity index (χ2v) is 5.18. The molecule has 0 heterocycles. The SMILES string of the molecule is O=[N+]([O-])c1cc([N+](=O)[O-])c(Nc2cccc(Br)c2)c([N+](=O)[O-])c1. The number of nitrogens with one attached hydrogen (secondary N) is 1. The molecule has 0 saturated carbocycles. The average Bonchev–Trinajstić information content (AvgIpc) is 2.46. The Labute approximate surface area is 136 Å². The van der Waals surface area contributed by atoms with Crippen molar-refractivity contribution in [2.24, 2.45) is 0 Å². The lowest BCUT2D eigenvalue weighted by Gasteiger charge is -2.08. The average molecular weight is 383 g/mol. The number of anilines is 2. The minimum atomic E-state index is -0.928. The van der Waals surface area contributed by atoms with E-state index in [4.69, 9.17) is 0 Å². The van der Waals surface area contributed by atoms with Crippen molar-refractivity contribution in [1.29, 1.82) is 0 Å². The lowest BCUT2D eigenvalue weighted by atomic mass is 10.2. The van der Waals surface area contributed by atoms with Gasteiger partial charge in [0.15, 0.2) is 5.69 Å². The third-order valence-corrected chi connectivity index (χ3v) is 3.27. The summed E-state index contributed by atoms with van der Waals surface area (Å²) in [6.07, 6.45) is 0. The largest absolute Gasteiger partial charge is 0.344 e. The molecule has 0 bridgehead atoms. The van der Waals surface area contributed by atoms with E-state index in [-0.39, 0.29) is 0 Å². The summed E-state index contributed by atoms with van der Waals surface area (Å²) in [5.74, 6) is 0. The number of nitrogens with zero attached hydrogens (tertiary/aromatic N) is 3. The molecule has 11 heteroatoms. The van der Waals surface area contributed by atoms with Crippen molar-refractivity contribution in [3.63, 3.8) is 0 Å². The zero-order valence-electron chi connectivity index (χ0n) is 11.1. The van der Waals surface area contributed by atoms with E-state index in [1.54, 1.807) is 24.3 Å². The van der Waals surface area contributed by atoms with Crippen molar-refractivity contribution < 1.29 is 14.8 Å². The van der Waals surface area contributed by atoms with Gasteiger partial charge in [-0.1, -0.05) is 22.0 Å². The Hall–Kier alpha value is -3.08. The molecule has 2 rings (SSSR count). The smallest absolute Gasteiger partial charge is 0.306 e. The quantitative estimate of drug-likeness (QED) is 0.609. The highest BCUT2D eigenvalue weighted by Crippen LogP contribution is 2.40.